The normalized spacial score (nSPS) is 9.40. The summed E-state index contributed by atoms with van der Waals surface area (Å²) in [5.74, 6) is -0.595. The number of primary amides is 1. The standard InChI is InChI=1S/C10H12N2O3/c1-2-15-10(14)12-8-6-4-3-5-7(8)9(11)13/h3-6H,2H2,1H3,(H2,11,13)(H,12,14). The molecule has 0 aliphatic carbocycles. The van der Waals surface area contributed by atoms with Gasteiger partial charge in [0.2, 0.25) is 0 Å². The number of carbonyl (C=O) groups is 2. The first-order valence-electron chi connectivity index (χ1n) is 4.47. The number of benzene rings is 1. The van der Waals surface area contributed by atoms with Gasteiger partial charge in [0.05, 0.1) is 17.9 Å². The number of hydrogen-bond donors (Lipinski definition) is 2. The Bertz CT molecular complexity index is 377. The second-order valence-electron chi connectivity index (χ2n) is 2.76. The van der Waals surface area contributed by atoms with Crippen molar-refractivity contribution in [2.75, 3.05) is 11.9 Å². The summed E-state index contributed by atoms with van der Waals surface area (Å²) in [4.78, 5) is 22.1. The predicted molar refractivity (Wildman–Crippen MR) is 55.6 cm³/mol. The molecule has 0 aliphatic rings. The van der Waals surface area contributed by atoms with Crippen LogP contribution in [0.25, 0.3) is 0 Å². The van der Waals surface area contributed by atoms with E-state index in [1.54, 1.807) is 25.1 Å². The van der Waals surface area contributed by atoms with Crippen molar-refractivity contribution in [3.05, 3.63) is 29.8 Å². The molecule has 1 aromatic carbocycles. The molecule has 0 saturated carbocycles. The predicted octanol–water partition coefficient (Wildman–Crippen LogP) is 1.35. The van der Waals surface area contributed by atoms with E-state index in [2.05, 4.69) is 10.1 Å². The van der Waals surface area contributed by atoms with Crippen molar-refractivity contribution >= 4 is 17.7 Å². The monoisotopic (exact) mass is 208 g/mol. The second kappa shape index (κ2) is 4.99. The Morgan fingerprint density at radius 2 is 2.07 bits per heavy atom. The van der Waals surface area contributed by atoms with Crippen molar-refractivity contribution in [1.82, 2.24) is 0 Å². The number of anilines is 1. The minimum absolute atomic E-state index is 0.255. The summed E-state index contributed by atoms with van der Waals surface area (Å²) in [6.07, 6.45) is -0.605. The fourth-order valence-corrected chi connectivity index (χ4v) is 1.08. The highest BCUT2D eigenvalue weighted by molar-refractivity contribution is 6.01. The van der Waals surface area contributed by atoms with Gasteiger partial charge in [0, 0.05) is 0 Å². The first kappa shape index (κ1) is 11.0. The van der Waals surface area contributed by atoms with Crippen molar-refractivity contribution in [3.8, 4) is 0 Å². The molecule has 2 amide bonds. The van der Waals surface area contributed by atoms with Gasteiger partial charge in [-0.05, 0) is 19.1 Å². The number of rotatable bonds is 3. The van der Waals surface area contributed by atoms with Crippen molar-refractivity contribution in [1.29, 1.82) is 0 Å². The molecule has 0 aromatic heterocycles. The summed E-state index contributed by atoms with van der Waals surface area (Å²) < 4.78 is 4.68. The zero-order valence-corrected chi connectivity index (χ0v) is 8.32. The van der Waals surface area contributed by atoms with Crippen LogP contribution < -0.4 is 11.1 Å². The van der Waals surface area contributed by atoms with Gasteiger partial charge in [0.15, 0.2) is 0 Å². The molecule has 5 heteroatoms. The van der Waals surface area contributed by atoms with Crippen LogP contribution in [0.3, 0.4) is 0 Å². The fourth-order valence-electron chi connectivity index (χ4n) is 1.08. The lowest BCUT2D eigenvalue weighted by Crippen LogP contribution is -2.18. The van der Waals surface area contributed by atoms with Crippen molar-refractivity contribution in [2.24, 2.45) is 5.73 Å². The molecule has 0 saturated heterocycles. The molecule has 3 N–H and O–H groups in total. The number of nitrogens with two attached hydrogens (primary N) is 1. The van der Waals surface area contributed by atoms with Crippen molar-refractivity contribution in [3.63, 3.8) is 0 Å². The van der Waals surface area contributed by atoms with Gasteiger partial charge in [0.25, 0.3) is 5.91 Å². The molecule has 80 valence electrons. The third-order valence-electron chi connectivity index (χ3n) is 1.70. The Kier molecular flexibility index (Phi) is 3.68. The molecule has 0 radical (unpaired) electrons. The number of para-hydroxylation sites is 1. The van der Waals surface area contributed by atoms with Crippen LogP contribution in [0.15, 0.2) is 24.3 Å². The van der Waals surface area contributed by atoms with Crippen LogP contribution in [0.1, 0.15) is 17.3 Å². The van der Waals surface area contributed by atoms with Gasteiger partial charge in [0.1, 0.15) is 0 Å². The number of carbonyl (C=O) groups excluding carboxylic acids is 2. The number of amides is 2. The highest BCUT2D eigenvalue weighted by Crippen LogP contribution is 2.14. The second-order valence-corrected chi connectivity index (χ2v) is 2.76. The zero-order valence-electron chi connectivity index (χ0n) is 8.32. The van der Waals surface area contributed by atoms with E-state index < -0.39 is 12.0 Å². The Morgan fingerprint density at radius 1 is 1.40 bits per heavy atom. The minimum Gasteiger partial charge on any atom is -0.450 e. The SMILES string of the molecule is CCOC(=O)Nc1ccccc1C(N)=O. The summed E-state index contributed by atoms with van der Waals surface area (Å²) in [6, 6.07) is 6.46. The van der Waals surface area contributed by atoms with Crippen LogP contribution in [0.5, 0.6) is 0 Å². The molecule has 0 bridgehead atoms. The molecule has 0 aliphatic heterocycles. The lowest BCUT2D eigenvalue weighted by molar-refractivity contribution is 0.100. The van der Waals surface area contributed by atoms with Gasteiger partial charge in [-0.2, -0.15) is 0 Å². The molecule has 1 aromatic rings. The molecule has 0 unspecified atom stereocenters. The van der Waals surface area contributed by atoms with Crippen LogP contribution in [0, 0.1) is 0 Å². The Labute approximate surface area is 87.2 Å². The molecule has 0 spiro atoms. The number of hydrogen-bond acceptors (Lipinski definition) is 3. The molecule has 0 atom stereocenters. The van der Waals surface area contributed by atoms with Crippen LogP contribution in [0.4, 0.5) is 10.5 Å². The number of ether oxygens (including phenoxy) is 1. The summed E-state index contributed by atoms with van der Waals surface area (Å²) >= 11 is 0. The summed E-state index contributed by atoms with van der Waals surface area (Å²) in [5, 5.41) is 2.43. The third-order valence-corrected chi connectivity index (χ3v) is 1.70. The van der Waals surface area contributed by atoms with Crippen LogP contribution in [0.2, 0.25) is 0 Å². The highest BCUT2D eigenvalue weighted by Gasteiger charge is 2.09. The third kappa shape index (κ3) is 2.98. The zero-order chi connectivity index (χ0) is 11.3. The molecule has 0 fully saturated rings. The minimum atomic E-state index is -0.605. The van der Waals surface area contributed by atoms with E-state index in [9.17, 15) is 9.59 Å². The van der Waals surface area contributed by atoms with Gasteiger partial charge in [-0.25, -0.2) is 4.79 Å². The van der Waals surface area contributed by atoms with Gasteiger partial charge in [-0.15, -0.1) is 0 Å². The molecule has 0 heterocycles. The molecule has 1 rings (SSSR count). The maximum atomic E-state index is 11.1. The van der Waals surface area contributed by atoms with E-state index in [0.29, 0.717) is 5.69 Å². The van der Waals surface area contributed by atoms with E-state index in [1.807, 2.05) is 0 Å². The van der Waals surface area contributed by atoms with Crippen LogP contribution in [-0.2, 0) is 4.74 Å². The first-order valence-corrected chi connectivity index (χ1v) is 4.47. The van der Waals surface area contributed by atoms with E-state index in [4.69, 9.17) is 5.73 Å². The number of nitrogens with one attached hydrogen (secondary N) is 1. The average Bonchev–Trinajstić information content (AvgIpc) is 2.18. The molecule has 5 nitrogen and oxygen atoms in total. The van der Waals surface area contributed by atoms with E-state index in [0.717, 1.165) is 0 Å². The Balaban J connectivity index is 2.84. The van der Waals surface area contributed by atoms with Crippen molar-refractivity contribution in [2.45, 2.75) is 6.92 Å². The smallest absolute Gasteiger partial charge is 0.411 e. The summed E-state index contributed by atoms with van der Waals surface area (Å²) in [5.41, 5.74) is 5.74. The van der Waals surface area contributed by atoms with E-state index >= 15 is 0 Å². The highest BCUT2D eigenvalue weighted by atomic mass is 16.5. The van der Waals surface area contributed by atoms with Crippen LogP contribution >= 0.6 is 0 Å². The van der Waals surface area contributed by atoms with Crippen LogP contribution in [-0.4, -0.2) is 18.6 Å². The Hall–Kier alpha value is -2.04. The summed E-state index contributed by atoms with van der Waals surface area (Å²) in [7, 11) is 0. The van der Waals surface area contributed by atoms with Gasteiger partial charge >= 0.3 is 6.09 Å². The van der Waals surface area contributed by atoms with E-state index in [-0.39, 0.29) is 12.2 Å². The van der Waals surface area contributed by atoms with Gasteiger partial charge in [-0.1, -0.05) is 12.1 Å². The van der Waals surface area contributed by atoms with E-state index in [1.165, 1.54) is 6.07 Å². The lowest BCUT2D eigenvalue weighted by Gasteiger charge is -2.07. The maximum Gasteiger partial charge on any atom is 0.411 e. The quantitative estimate of drug-likeness (QED) is 0.786. The molecular weight excluding hydrogens is 196 g/mol. The van der Waals surface area contributed by atoms with Gasteiger partial charge < -0.3 is 10.5 Å². The van der Waals surface area contributed by atoms with Crippen molar-refractivity contribution < 1.29 is 14.3 Å². The first-order chi connectivity index (χ1) is 7.15. The fraction of sp³-hybridized carbons (Fsp3) is 0.200. The topological polar surface area (TPSA) is 81.4 Å². The maximum absolute atomic E-state index is 11.1. The summed E-state index contributed by atoms with van der Waals surface area (Å²) in [6.45, 7) is 1.96. The molecular formula is C10H12N2O3. The largest absolute Gasteiger partial charge is 0.450 e. The average molecular weight is 208 g/mol. The Morgan fingerprint density at radius 3 is 2.67 bits per heavy atom. The molecule has 15 heavy (non-hydrogen) atoms. The van der Waals surface area contributed by atoms with Gasteiger partial charge in [-0.3, -0.25) is 10.1 Å². The lowest BCUT2D eigenvalue weighted by atomic mass is 10.1.